The molecule has 3 nitrogen and oxygen atoms in total. The molecule has 0 spiro atoms. The Hall–Kier alpha value is -1.36. The van der Waals surface area contributed by atoms with Crippen LogP contribution in [-0.4, -0.2) is 18.6 Å². The molecule has 0 heterocycles. The first-order valence-electron chi connectivity index (χ1n) is 3.97. The normalized spacial score (nSPS) is 12.9. The molecule has 78 valence electrons. The molecular weight excluding hydrogens is 192 g/mol. The molecule has 0 aliphatic heterocycles. The van der Waals surface area contributed by atoms with Crippen LogP contribution in [0.1, 0.15) is 11.6 Å². The third-order valence-corrected chi connectivity index (χ3v) is 1.86. The number of hydrogen-bond acceptors (Lipinski definition) is 3. The van der Waals surface area contributed by atoms with Crippen LogP contribution in [0, 0.1) is 0 Å². The first-order valence-corrected chi connectivity index (χ1v) is 3.97. The summed E-state index contributed by atoms with van der Waals surface area (Å²) >= 11 is 0. The zero-order chi connectivity index (χ0) is 10.7. The van der Waals surface area contributed by atoms with E-state index in [1.165, 1.54) is 25.3 Å². The number of aromatic hydroxyl groups is 1. The maximum absolute atomic E-state index is 12.2. The van der Waals surface area contributed by atoms with Crippen molar-refractivity contribution in [3.63, 3.8) is 0 Å². The fraction of sp³-hybridized carbons (Fsp3) is 0.333. The SMILES string of the molecule is COc1cc([C@H](N)C(F)F)ccc1O. The molecule has 0 aromatic heterocycles. The van der Waals surface area contributed by atoms with E-state index in [2.05, 4.69) is 0 Å². The lowest BCUT2D eigenvalue weighted by molar-refractivity contribution is 0.116. The van der Waals surface area contributed by atoms with E-state index < -0.39 is 12.5 Å². The van der Waals surface area contributed by atoms with Crippen LogP contribution in [0.3, 0.4) is 0 Å². The number of halogens is 2. The third kappa shape index (κ3) is 2.11. The monoisotopic (exact) mass is 203 g/mol. The Morgan fingerprint density at radius 2 is 2.07 bits per heavy atom. The summed E-state index contributed by atoms with van der Waals surface area (Å²) < 4.78 is 29.2. The first-order chi connectivity index (χ1) is 6.56. The van der Waals surface area contributed by atoms with Crippen molar-refractivity contribution in [3.05, 3.63) is 23.8 Å². The molecular formula is C9H11F2NO2. The molecule has 0 fully saturated rings. The van der Waals surface area contributed by atoms with Crippen LogP contribution in [0.15, 0.2) is 18.2 Å². The Bertz CT molecular complexity index is 318. The largest absolute Gasteiger partial charge is 0.504 e. The van der Waals surface area contributed by atoms with Crippen LogP contribution in [-0.2, 0) is 0 Å². The number of ether oxygens (including phenoxy) is 1. The Labute approximate surface area is 80.1 Å². The summed E-state index contributed by atoms with van der Waals surface area (Å²) in [5.41, 5.74) is 5.46. The second kappa shape index (κ2) is 4.23. The van der Waals surface area contributed by atoms with Crippen molar-refractivity contribution in [1.82, 2.24) is 0 Å². The van der Waals surface area contributed by atoms with E-state index in [9.17, 15) is 13.9 Å². The number of phenolic OH excluding ortho intramolecular Hbond substituents is 1. The summed E-state index contributed by atoms with van der Waals surface area (Å²) in [4.78, 5) is 0. The number of rotatable bonds is 3. The van der Waals surface area contributed by atoms with Crippen LogP contribution in [0.4, 0.5) is 8.78 Å². The highest BCUT2D eigenvalue weighted by atomic mass is 19.3. The van der Waals surface area contributed by atoms with Crippen molar-refractivity contribution in [2.45, 2.75) is 12.5 Å². The third-order valence-electron chi connectivity index (χ3n) is 1.86. The minimum atomic E-state index is -2.63. The van der Waals surface area contributed by atoms with E-state index in [1.54, 1.807) is 0 Å². The number of nitrogens with two attached hydrogens (primary N) is 1. The number of benzene rings is 1. The van der Waals surface area contributed by atoms with Crippen molar-refractivity contribution in [1.29, 1.82) is 0 Å². The van der Waals surface area contributed by atoms with Gasteiger partial charge in [0.1, 0.15) is 0 Å². The van der Waals surface area contributed by atoms with E-state index in [0.29, 0.717) is 0 Å². The van der Waals surface area contributed by atoms with Crippen LogP contribution in [0.25, 0.3) is 0 Å². The molecule has 0 saturated heterocycles. The minimum Gasteiger partial charge on any atom is -0.504 e. The van der Waals surface area contributed by atoms with Gasteiger partial charge in [-0.2, -0.15) is 0 Å². The Kier molecular flexibility index (Phi) is 3.24. The zero-order valence-corrected chi connectivity index (χ0v) is 7.58. The lowest BCUT2D eigenvalue weighted by Crippen LogP contribution is -2.18. The molecule has 14 heavy (non-hydrogen) atoms. The van der Waals surface area contributed by atoms with Crippen LogP contribution >= 0.6 is 0 Å². The van der Waals surface area contributed by atoms with E-state index in [1.807, 2.05) is 0 Å². The lowest BCUT2D eigenvalue weighted by atomic mass is 10.1. The van der Waals surface area contributed by atoms with Crippen LogP contribution < -0.4 is 10.5 Å². The predicted molar refractivity (Wildman–Crippen MR) is 47.6 cm³/mol. The van der Waals surface area contributed by atoms with E-state index in [0.717, 1.165) is 0 Å². The van der Waals surface area contributed by atoms with Gasteiger partial charge in [0.25, 0.3) is 6.43 Å². The van der Waals surface area contributed by atoms with Gasteiger partial charge in [0.05, 0.1) is 13.2 Å². The van der Waals surface area contributed by atoms with Crippen molar-refractivity contribution < 1.29 is 18.6 Å². The van der Waals surface area contributed by atoms with Crippen LogP contribution in [0.2, 0.25) is 0 Å². The second-order valence-corrected chi connectivity index (χ2v) is 2.79. The molecule has 0 aliphatic rings. The molecule has 5 heteroatoms. The van der Waals surface area contributed by atoms with Gasteiger partial charge in [-0.15, -0.1) is 0 Å². The summed E-state index contributed by atoms with van der Waals surface area (Å²) in [6.45, 7) is 0. The first kappa shape index (κ1) is 10.7. The minimum absolute atomic E-state index is 0.0993. The maximum Gasteiger partial charge on any atom is 0.257 e. The summed E-state index contributed by atoms with van der Waals surface area (Å²) in [7, 11) is 1.34. The molecule has 3 N–H and O–H groups in total. The molecule has 1 atom stereocenters. The van der Waals surface area contributed by atoms with Crippen molar-refractivity contribution in [2.75, 3.05) is 7.11 Å². The molecule has 0 bridgehead atoms. The van der Waals surface area contributed by atoms with Crippen molar-refractivity contribution >= 4 is 0 Å². The average Bonchev–Trinajstić information content (AvgIpc) is 2.17. The molecule has 0 aliphatic carbocycles. The molecule has 1 aromatic rings. The topological polar surface area (TPSA) is 55.5 Å². The molecule has 0 radical (unpaired) electrons. The standard InChI is InChI=1S/C9H11F2NO2/c1-14-7-4-5(2-3-6(7)13)8(12)9(10)11/h2-4,8-9,13H,12H2,1H3/t8-/m0/s1. The smallest absolute Gasteiger partial charge is 0.257 e. The quantitative estimate of drug-likeness (QED) is 0.785. The number of alkyl halides is 2. The maximum atomic E-state index is 12.2. The molecule has 0 unspecified atom stereocenters. The van der Waals surface area contributed by atoms with Gasteiger partial charge >= 0.3 is 0 Å². The molecule has 0 saturated carbocycles. The summed E-state index contributed by atoms with van der Waals surface area (Å²) in [5, 5.41) is 9.20. The number of methoxy groups -OCH3 is 1. The summed E-state index contributed by atoms with van der Waals surface area (Å²) in [6, 6.07) is 2.56. The fourth-order valence-electron chi connectivity index (χ4n) is 1.05. The molecule has 1 rings (SSSR count). The number of hydrogen-bond donors (Lipinski definition) is 2. The van der Waals surface area contributed by atoms with E-state index >= 15 is 0 Å². The second-order valence-electron chi connectivity index (χ2n) is 2.79. The Morgan fingerprint density at radius 3 is 2.57 bits per heavy atom. The Morgan fingerprint density at radius 1 is 1.43 bits per heavy atom. The van der Waals surface area contributed by atoms with Gasteiger partial charge in [-0.25, -0.2) is 8.78 Å². The van der Waals surface area contributed by atoms with Crippen molar-refractivity contribution in [2.24, 2.45) is 5.73 Å². The van der Waals surface area contributed by atoms with Gasteiger partial charge in [0, 0.05) is 0 Å². The summed E-state index contributed by atoms with van der Waals surface area (Å²) in [6.07, 6.45) is -2.63. The Balaban J connectivity index is 3.00. The zero-order valence-electron chi connectivity index (χ0n) is 7.58. The van der Waals surface area contributed by atoms with Gasteiger partial charge in [0.15, 0.2) is 11.5 Å². The van der Waals surface area contributed by atoms with Crippen molar-refractivity contribution in [3.8, 4) is 11.5 Å². The highest BCUT2D eigenvalue weighted by Gasteiger charge is 2.18. The van der Waals surface area contributed by atoms with Gasteiger partial charge in [-0.05, 0) is 17.7 Å². The highest BCUT2D eigenvalue weighted by molar-refractivity contribution is 5.42. The van der Waals surface area contributed by atoms with Gasteiger partial charge in [0.2, 0.25) is 0 Å². The highest BCUT2D eigenvalue weighted by Crippen LogP contribution is 2.29. The van der Waals surface area contributed by atoms with E-state index in [-0.39, 0.29) is 17.1 Å². The van der Waals surface area contributed by atoms with Gasteiger partial charge in [-0.3, -0.25) is 0 Å². The average molecular weight is 203 g/mol. The van der Waals surface area contributed by atoms with Crippen LogP contribution in [0.5, 0.6) is 11.5 Å². The molecule has 0 amide bonds. The lowest BCUT2D eigenvalue weighted by Gasteiger charge is -2.12. The van der Waals surface area contributed by atoms with Gasteiger partial charge < -0.3 is 15.6 Å². The predicted octanol–water partition coefficient (Wildman–Crippen LogP) is 1.67. The fourth-order valence-corrected chi connectivity index (χ4v) is 1.05. The summed E-state index contributed by atoms with van der Waals surface area (Å²) in [5.74, 6) is 0.0383. The van der Waals surface area contributed by atoms with Gasteiger partial charge in [-0.1, -0.05) is 6.07 Å². The molecule has 1 aromatic carbocycles. The number of phenols is 1. The van der Waals surface area contributed by atoms with E-state index in [4.69, 9.17) is 10.5 Å².